The molecule has 0 heterocycles. The predicted molar refractivity (Wildman–Crippen MR) is 87.7 cm³/mol. The van der Waals surface area contributed by atoms with E-state index in [0.29, 0.717) is 14.5 Å². The van der Waals surface area contributed by atoms with Crippen LogP contribution in [0.15, 0.2) is 23.8 Å². The van der Waals surface area contributed by atoms with Crippen molar-refractivity contribution in [3.05, 3.63) is 23.8 Å². The van der Waals surface area contributed by atoms with E-state index in [1.165, 1.54) is 0 Å². The molecule has 0 aromatic heterocycles. The van der Waals surface area contributed by atoms with E-state index in [1.54, 1.807) is 0 Å². The summed E-state index contributed by atoms with van der Waals surface area (Å²) in [6.07, 6.45) is 7.88. The van der Waals surface area contributed by atoms with Crippen LogP contribution in [-0.4, -0.2) is 62.1 Å². The fourth-order valence-corrected chi connectivity index (χ4v) is 3.80. The largest absolute Gasteiger partial charge is 0.342 e. The first-order chi connectivity index (χ1) is 10.1. The number of likely N-dealkylation sites (N-methyl/N-ethyl adjacent to an activating group) is 1. The lowest BCUT2D eigenvalue weighted by Crippen LogP contribution is -2.64. The van der Waals surface area contributed by atoms with Crippen LogP contribution in [0, 0.1) is 11.3 Å². The van der Waals surface area contributed by atoms with E-state index in [1.807, 2.05) is 46.4 Å². The van der Waals surface area contributed by atoms with Gasteiger partial charge in [-0.1, -0.05) is 32.1 Å². The van der Waals surface area contributed by atoms with Gasteiger partial charge in [0.1, 0.15) is 5.41 Å². The van der Waals surface area contributed by atoms with Crippen molar-refractivity contribution in [1.29, 1.82) is 0 Å². The van der Waals surface area contributed by atoms with E-state index in [4.69, 9.17) is 0 Å². The summed E-state index contributed by atoms with van der Waals surface area (Å²) < 4.78 is 0.655. The van der Waals surface area contributed by atoms with Gasteiger partial charge >= 0.3 is 11.8 Å². The molecular weight excluding hydrogens is 276 g/mol. The SMILES string of the molecule is CCC[N+](C)(C)C(=O)C1=CC2C=CC12C(=O)[N+](C)(C)CCC. The molecule has 0 spiro atoms. The molecule has 122 valence electrons. The molecule has 0 N–H and O–H groups in total. The summed E-state index contributed by atoms with van der Waals surface area (Å²) in [7, 11) is 7.78. The van der Waals surface area contributed by atoms with Crippen molar-refractivity contribution < 1.29 is 18.6 Å². The van der Waals surface area contributed by atoms with E-state index in [-0.39, 0.29) is 17.7 Å². The molecule has 4 heteroatoms. The summed E-state index contributed by atoms with van der Waals surface area (Å²) >= 11 is 0. The predicted octanol–water partition coefficient (Wildman–Crippen LogP) is 2.12. The van der Waals surface area contributed by atoms with Gasteiger partial charge in [0.15, 0.2) is 0 Å². The summed E-state index contributed by atoms with van der Waals surface area (Å²) in [6.45, 7) is 5.76. The van der Waals surface area contributed by atoms with Crippen LogP contribution in [-0.2, 0) is 9.59 Å². The van der Waals surface area contributed by atoms with Gasteiger partial charge in [-0.05, 0) is 12.8 Å². The van der Waals surface area contributed by atoms with Gasteiger partial charge in [0.05, 0.1) is 46.9 Å². The van der Waals surface area contributed by atoms with Crippen LogP contribution >= 0.6 is 0 Å². The number of carbonyl (C=O) groups is 2. The summed E-state index contributed by atoms with van der Waals surface area (Å²) in [4.78, 5) is 26.1. The number of allylic oxidation sites excluding steroid dienone is 2. The topological polar surface area (TPSA) is 34.1 Å². The van der Waals surface area contributed by atoms with Crippen LogP contribution < -0.4 is 0 Å². The Morgan fingerprint density at radius 3 is 2.00 bits per heavy atom. The number of amides is 2. The fourth-order valence-electron chi connectivity index (χ4n) is 3.80. The Labute approximate surface area is 134 Å². The van der Waals surface area contributed by atoms with Gasteiger partial charge in [-0.25, -0.2) is 9.59 Å². The Kier molecular flexibility index (Phi) is 4.22. The molecule has 0 aromatic carbocycles. The Balaban J connectivity index is 2.29. The first-order valence-corrected chi connectivity index (χ1v) is 8.31. The molecule has 2 rings (SSSR count). The number of nitrogens with zero attached hydrogens (tertiary/aromatic N) is 2. The van der Waals surface area contributed by atoms with Gasteiger partial charge < -0.3 is 0 Å². The molecule has 0 radical (unpaired) electrons. The maximum atomic E-state index is 13.1. The maximum absolute atomic E-state index is 13.1. The minimum atomic E-state index is -0.654. The molecule has 2 aliphatic carbocycles. The van der Waals surface area contributed by atoms with Crippen LogP contribution in [0.25, 0.3) is 0 Å². The van der Waals surface area contributed by atoms with Gasteiger partial charge in [-0.2, -0.15) is 0 Å². The van der Waals surface area contributed by atoms with Crippen molar-refractivity contribution in [3.8, 4) is 0 Å². The molecular formula is C18H30N2O2+2. The van der Waals surface area contributed by atoms with Crippen LogP contribution in [0.5, 0.6) is 0 Å². The number of hydrogen-bond donors (Lipinski definition) is 0. The molecule has 0 saturated carbocycles. The molecule has 0 fully saturated rings. The first-order valence-electron chi connectivity index (χ1n) is 8.31. The van der Waals surface area contributed by atoms with E-state index in [2.05, 4.69) is 13.8 Å². The van der Waals surface area contributed by atoms with E-state index in [0.717, 1.165) is 25.9 Å². The zero-order chi connectivity index (χ0) is 16.8. The standard InChI is InChI=1S/C18H30N2O2/c1-7-11-19(3,4)16(21)15-13-14-9-10-18(14,15)17(22)20(5,6)12-8-2/h9-10,13-14H,7-8,11-12H2,1-6H3/q+2. The molecule has 2 aliphatic rings. The van der Waals surface area contributed by atoms with Gasteiger partial charge in [0.25, 0.3) is 0 Å². The maximum Gasteiger partial charge on any atom is 0.342 e. The van der Waals surface area contributed by atoms with E-state index in [9.17, 15) is 9.59 Å². The normalized spacial score (nSPS) is 26.6. The number of carbonyl (C=O) groups excluding carboxylic acids is 2. The van der Waals surface area contributed by atoms with Crippen LogP contribution in [0.3, 0.4) is 0 Å². The molecule has 0 aliphatic heterocycles. The quantitative estimate of drug-likeness (QED) is 0.556. The van der Waals surface area contributed by atoms with Gasteiger partial charge in [-0.15, -0.1) is 0 Å². The Bertz CT molecular complexity index is 557. The lowest BCUT2D eigenvalue weighted by Gasteiger charge is -2.51. The van der Waals surface area contributed by atoms with Crippen LogP contribution in [0.4, 0.5) is 0 Å². The minimum absolute atomic E-state index is 0.0901. The van der Waals surface area contributed by atoms with Crippen molar-refractivity contribution in [2.45, 2.75) is 26.7 Å². The zero-order valence-electron chi connectivity index (χ0n) is 14.8. The van der Waals surface area contributed by atoms with Crippen LogP contribution in [0.1, 0.15) is 26.7 Å². The number of quaternary nitrogens is 2. The smallest absolute Gasteiger partial charge is 0.264 e. The minimum Gasteiger partial charge on any atom is -0.264 e. The highest BCUT2D eigenvalue weighted by atomic mass is 16.2. The van der Waals surface area contributed by atoms with E-state index >= 15 is 0 Å². The third-order valence-electron chi connectivity index (χ3n) is 5.13. The average molecular weight is 306 g/mol. The molecule has 2 amide bonds. The third kappa shape index (κ3) is 2.29. The fraction of sp³-hybridized carbons (Fsp3) is 0.667. The molecule has 0 bridgehead atoms. The highest BCUT2D eigenvalue weighted by Gasteiger charge is 2.65. The first kappa shape index (κ1) is 17.1. The molecule has 0 saturated heterocycles. The lowest BCUT2D eigenvalue weighted by atomic mass is 9.52. The second-order valence-electron chi connectivity index (χ2n) is 7.76. The van der Waals surface area contributed by atoms with Gasteiger partial charge in [-0.3, -0.25) is 8.97 Å². The molecule has 4 nitrogen and oxygen atoms in total. The second-order valence-corrected chi connectivity index (χ2v) is 7.76. The second kappa shape index (κ2) is 5.43. The van der Waals surface area contributed by atoms with E-state index < -0.39 is 5.41 Å². The number of fused-ring (bicyclic) bond motifs is 1. The molecule has 2 atom stereocenters. The van der Waals surface area contributed by atoms with Crippen molar-refractivity contribution in [1.82, 2.24) is 0 Å². The van der Waals surface area contributed by atoms with Crippen molar-refractivity contribution in [3.63, 3.8) is 0 Å². The van der Waals surface area contributed by atoms with Crippen molar-refractivity contribution in [2.24, 2.45) is 11.3 Å². The Morgan fingerprint density at radius 2 is 1.59 bits per heavy atom. The molecule has 22 heavy (non-hydrogen) atoms. The van der Waals surface area contributed by atoms with Gasteiger partial charge in [0.2, 0.25) is 0 Å². The Hall–Kier alpha value is -1.26. The summed E-state index contributed by atoms with van der Waals surface area (Å²) in [6, 6.07) is 0. The lowest BCUT2D eigenvalue weighted by molar-refractivity contribution is -0.818. The number of rotatable bonds is 6. The number of hydrogen-bond acceptors (Lipinski definition) is 2. The highest BCUT2D eigenvalue weighted by molar-refractivity contribution is 6.04. The highest BCUT2D eigenvalue weighted by Crippen LogP contribution is 2.57. The van der Waals surface area contributed by atoms with Crippen molar-refractivity contribution in [2.75, 3.05) is 41.3 Å². The van der Waals surface area contributed by atoms with Crippen molar-refractivity contribution >= 4 is 11.8 Å². The monoisotopic (exact) mass is 306 g/mol. The average Bonchev–Trinajstić information content (AvgIpc) is 2.40. The Morgan fingerprint density at radius 1 is 1.05 bits per heavy atom. The molecule has 2 unspecified atom stereocenters. The molecule has 0 aromatic rings. The summed E-state index contributed by atoms with van der Waals surface area (Å²) in [5.41, 5.74) is 0.0599. The van der Waals surface area contributed by atoms with Gasteiger partial charge in [0, 0.05) is 5.92 Å². The summed E-state index contributed by atoms with van der Waals surface area (Å²) in [5.74, 6) is 0.367. The zero-order valence-corrected chi connectivity index (χ0v) is 14.8. The summed E-state index contributed by atoms with van der Waals surface area (Å²) in [5, 5.41) is 0. The third-order valence-corrected chi connectivity index (χ3v) is 5.13. The van der Waals surface area contributed by atoms with Crippen LogP contribution in [0.2, 0.25) is 0 Å².